The highest BCUT2D eigenvalue weighted by Gasteiger charge is 2.28. The monoisotopic (exact) mass is 304 g/mol. The van der Waals surface area contributed by atoms with Crippen molar-refractivity contribution in [2.75, 3.05) is 0 Å². The Kier molecular flexibility index (Phi) is 6.12. The van der Waals surface area contributed by atoms with Crippen LogP contribution in [0.5, 0.6) is 5.75 Å². The Balaban J connectivity index is 3.29. The first kappa shape index (κ1) is 19.1. The molecule has 1 N–H and O–H groups in total. The third-order valence-corrected chi connectivity index (χ3v) is 4.80. The number of hydrogen-bond donors (Lipinski definition) is 1. The lowest BCUT2D eigenvalue weighted by molar-refractivity contribution is 0.359. The highest BCUT2D eigenvalue weighted by atomic mass is 16.3. The summed E-state index contributed by atoms with van der Waals surface area (Å²) < 4.78 is 0. The zero-order chi connectivity index (χ0) is 17.1. The molecule has 0 aliphatic carbocycles. The lowest BCUT2D eigenvalue weighted by Gasteiger charge is -2.32. The maximum absolute atomic E-state index is 10.6. The van der Waals surface area contributed by atoms with Gasteiger partial charge in [-0.05, 0) is 46.3 Å². The van der Waals surface area contributed by atoms with Crippen LogP contribution in [0.4, 0.5) is 0 Å². The van der Waals surface area contributed by atoms with E-state index in [-0.39, 0.29) is 10.8 Å². The topological polar surface area (TPSA) is 20.2 Å². The molecule has 0 radical (unpaired) electrons. The SMILES string of the molecule is CCCC(C)CC(C)(C)c1cc(CC)c(O)c(C(C)(C)C)c1. The number of aromatic hydroxyl groups is 1. The molecule has 0 saturated heterocycles. The number of rotatable bonds is 6. The van der Waals surface area contributed by atoms with Crippen LogP contribution in [0, 0.1) is 5.92 Å². The Morgan fingerprint density at radius 3 is 2.09 bits per heavy atom. The van der Waals surface area contributed by atoms with Crippen molar-refractivity contribution in [3.63, 3.8) is 0 Å². The van der Waals surface area contributed by atoms with Gasteiger partial charge in [0.1, 0.15) is 5.75 Å². The number of benzene rings is 1. The molecule has 22 heavy (non-hydrogen) atoms. The standard InChI is InChI=1S/C21H36O/c1-9-11-15(3)14-21(7,8)17-12-16(10-2)19(22)18(13-17)20(4,5)6/h12-13,15,22H,9-11,14H2,1-8H3. The fourth-order valence-electron chi connectivity index (χ4n) is 3.51. The molecule has 1 unspecified atom stereocenters. The van der Waals surface area contributed by atoms with Crippen LogP contribution in [0.15, 0.2) is 12.1 Å². The van der Waals surface area contributed by atoms with Crippen molar-refractivity contribution in [1.82, 2.24) is 0 Å². The third kappa shape index (κ3) is 4.51. The van der Waals surface area contributed by atoms with E-state index in [1.807, 2.05) is 0 Å². The van der Waals surface area contributed by atoms with E-state index in [0.29, 0.717) is 5.75 Å². The van der Waals surface area contributed by atoms with Crippen molar-refractivity contribution < 1.29 is 5.11 Å². The molecule has 0 spiro atoms. The van der Waals surface area contributed by atoms with E-state index in [1.54, 1.807) is 0 Å². The van der Waals surface area contributed by atoms with Crippen LogP contribution < -0.4 is 0 Å². The van der Waals surface area contributed by atoms with Crippen LogP contribution in [0.3, 0.4) is 0 Å². The third-order valence-electron chi connectivity index (χ3n) is 4.80. The van der Waals surface area contributed by atoms with Gasteiger partial charge in [-0.3, -0.25) is 0 Å². The second-order valence-corrected chi connectivity index (χ2v) is 8.62. The van der Waals surface area contributed by atoms with Gasteiger partial charge in [0.2, 0.25) is 0 Å². The summed E-state index contributed by atoms with van der Waals surface area (Å²) in [6.07, 6.45) is 4.61. The molecule has 1 heteroatoms. The van der Waals surface area contributed by atoms with E-state index in [9.17, 15) is 5.11 Å². The van der Waals surface area contributed by atoms with Gasteiger partial charge in [0.25, 0.3) is 0 Å². The summed E-state index contributed by atoms with van der Waals surface area (Å²) in [4.78, 5) is 0. The van der Waals surface area contributed by atoms with Crippen molar-refractivity contribution in [1.29, 1.82) is 0 Å². The lowest BCUT2D eigenvalue weighted by Crippen LogP contribution is -2.23. The summed E-state index contributed by atoms with van der Waals surface area (Å²) in [7, 11) is 0. The van der Waals surface area contributed by atoms with Crippen LogP contribution >= 0.6 is 0 Å². The molecule has 0 aliphatic heterocycles. The van der Waals surface area contributed by atoms with Crippen LogP contribution in [0.25, 0.3) is 0 Å². The molecule has 1 nitrogen and oxygen atoms in total. The molecule has 0 amide bonds. The number of phenols is 1. The minimum absolute atomic E-state index is 0.0326. The van der Waals surface area contributed by atoms with Gasteiger partial charge in [0.15, 0.2) is 0 Å². The predicted octanol–water partition coefficient (Wildman–Crippen LogP) is 6.36. The van der Waals surface area contributed by atoms with Gasteiger partial charge in [-0.1, -0.05) is 80.4 Å². The highest BCUT2D eigenvalue weighted by molar-refractivity contribution is 5.48. The lowest BCUT2D eigenvalue weighted by atomic mass is 9.73. The first-order chi connectivity index (χ1) is 10.0. The molecule has 0 heterocycles. The van der Waals surface area contributed by atoms with Gasteiger partial charge in [-0.15, -0.1) is 0 Å². The van der Waals surface area contributed by atoms with E-state index in [0.717, 1.165) is 23.5 Å². The number of phenolic OH excluding ortho intramolecular Hbond substituents is 1. The van der Waals surface area contributed by atoms with Crippen LogP contribution in [-0.4, -0.2) is 5.11 Å². The summed E-state index contributed by atoms with van der Waals surface area (Å²) in [5, 5.41) is 10.6. The summed E-state index contributed by atoms with van der Waals surface area (Å²) in [6.45, 7) is 18.0. The van der Waals surface area contributed by atoms with Crippen molar-refractivity contribution >= 4 is 0 Å². The van der Waals surface area contributed by atoms with Crippen LogP contribution in [-0.2, 0) is 17.3 Å². The van der Waals surface area contributed by atoms with E-state index >= 15 is 0 Å². The first-order valence-electron chi connectivity index (χ1n) is 8.89. The maximum Gasteiger partial charge on any atom is 0.122 e. The van der Waals surface area contributed by atoms with Crippen LogP contribution in [0.2, 0.25) is 0 Å². The molecule has 1 aromatic rings. The summed E-state index contributed by atoms with van der Waals surface area (Å²) in [6, 6.07) is 4.47. The molecule has 1 atom stereocenters. The van der Waals surface area contributed by atoms with Crippen molar-refractivity contribution in [2.45, 2.75) is 91.9 Å². The summed E-state index contributed by atoms with van der Waals surface area (Å²) in [5.41, 5.74) is 3.65. The Hall–Kier alpha value is -0.980. The zero-order valence-electron chi connectivity index (χ0n) is 16.0. The van der Waals surface area contributed by atoms with Gasteiger partial charge in [-0.2, -0.15) is 0 Å². The van der Waals surface area contributed by atoms with Crippen molar-refractivity contribution in [3.8, 4) is 5.75 Å². The Morgan fingerprint density at radius 2 is 1.64 bits per heavy atom. The largest absolute Gasteiger partial charge is 0.507 e. The zero-order valence-corrected chi connectivity index (χ0v) is 16.0. The van der Waals surface area contributed by atoms with E-state index < -0.39 is 0 Å². The van der Waals surface area contributed by atoms with E-state index in [4.69, 9.17) is 0 Å². The summed E-state index contributed by atoms with van der Waals surface area (Å²) in [5.74, 6) is 1.23. The quantitative estimate of drug-likeness (QED) is 0.648. The molecular weight excluding hydrogens is 268 g/mol. The minimum Gasteiger partial charge on any atom is -0.507 e. The van der Waals surface area contributed by atoms with Gasteiger partial charge < -0.3 is 5.11 Å². The second kappa shape index (κ2) is 7.06. The average molecular weight is 305 g/mol. The molecule has 126 valence electrons. The Morgan fingerprint density at radius 1 is 1.05 bits per heavy atom. The van der Waals surface area contributed by atoms with Gasteiger partial charge >= 0.3 is 0 Å². The maximum atomic E-state index is 10.6. The molecule has 0 bridgehead atoms. The number of aryl methyl sites for hydroxylation is 1. The summed E-state index contributed by atoms with van der Waals surface area (Å²) >= 11 is 0. The van der Waals surface area contributed by atoms with Gasteiger partial charge in [0, 0.05) is 0 Å². The van der Waals surface area contributed by atoms with Crippen molar-refractivity contribution in [3.05, 3.63) is 28.8 Å². The molecule has 0 aromatic heterocycles. The normalized spacial score (nSPS) is 14.2. The van der Waals surface area contributed by atoms with E-state index in [2.05, 4.69) is 67.5 Å². The average Bonchev–Trinajstić information content (AvgIpc) is 2.36. The van der Waals surface area contributed by atoms with Gasteiger partial charge in [-0.25, -0.2) is 0 Å². The fraction of sp³-hybridized carbons (Fsp3) is 0.714. The minimum atomic E-state index is -0.0326. The molecule has 1 aromatic carbocycles. The Labute approximate surface area is 138 Å². The molecule has 0 saturated carbocycles. The van der Waals surface area contributed by atoms with Crippen molar-refractivity contribution in [2.24, 2.45) is 5.92 Å². The predicted molar refractivity (Wildman–Crippen MR) is 97.9 cm³/mol. The Bertz CT molecular complexity index is 491. The molecule has 0 fully saturated rings. The fourth-order valence-corrected chi connectivity index (χ4v) is 3.51. The molecular formula is C21H36O. The van der Waals surface area contributed by atoms with Gasteiger partial charge in [0.05, 0.1) is 0 Å². The second-order valence-electron chi connectivity index (χ2n) is 8.62. The smallest absolute Gasteiger partial charge is 0.122 e. The molecule has 1 rings (SSSR count). The molecule has 0 aliphatic rings. The van der Waals surface area contributed by atoms with E-state index in [1.165, 1.54) is 24.8 Å². The van der Waals surface area contributed by atoms with Crippen LogP contribution in [0.1, 0.15) is 91.3 Å². The highest BCUT2D eigenvalue weighted by Crippen LogP contribution is 2.40. The number of hydrogen-bond acceptors (Lipinski definition) is 1. The first-order valence-corrected chi connectivity index (χ1v) is 8.89.